The Balaban J connectivity index is 1.85. The van der Waals surface area contributed by atoms with Crippen LogP contribution in [0, 0.1) is 12.8 Å². The smallest absolute Gasteiger partial charge is 0.365 e. The average molecular weight is 365 g/mol. The largest absolute Gasteiger partial charge is 0.478 e. The first-order valence-electron chi connectivity index (χ1n) is 8.74. The van der Waals surface area contributed by atoms with Gasteiger partial charge in [-0.15, -0.1) is 4.57 Å². The van der Waals surface area contributed by atoms with Crippen molar-refractivity contribution in [1.29, 1.82) is 0 Å². The van der Waals surface area contributed by atoms with Crippen molar-refractivity contribution in [1.82, 2.24) is 5.48 Å². The number of carbonyl (C=O) groups is 3. The molecule has 1 saturated heterocycles. The molecule has 26 heavy (non-hydrogen) atoms. The molecule has 1 aromatic heterocycles. The van der Waals surface area contributed by atoms with Crippen LogP contribution in [0.25, 0.3) is 0 Å². The molecule has 0 bridgehead atoms. The zero-order valence-electron chi connectivity index (χ0n) is 15.1. The van der Waals surface area contributed by atoms with Gasteiger partial charge in [0.2, 0.25) is 5.91 Å². The maximum Gasteiger partial charge on any atom is 0.478 e. The molecule has 2 N–H and O–H groups in total. The van der Waals surface area contributed by atoms with Gasteiger partial charge in [0.15, 0.2) is 17.8 Å². The fraction of sp³-hybridized carbons (Fsp3) is 0.556. The summed E-state index contributed by atoms with van der Waals surface area (Å²) in [4.78, 5) is 35.6. The number of amides is 1. The number of hydroxylamine groups is 1. The van der Waals surface area contributed by atoms with Crippen molar-refractivity contribution < 1.29 is 33.6 Å². The molecule has 1 aliphatic heterocycles. The lowest BCUT2D eigenvalue weighted by Crippen LogP contribution is -2.64. The highest BCUT2D eigenvalue weighted by Crippen LogP contribution is 2.27. The maximum absolute atomic E-state index is 12.3. The SMILES string of the molecule is Cc1cccc[n+]1C1(C)OC(=O)C(CCCCCCC(=O)NO)C(=O)O1. The van der Waals surface area contributed by atoms with Gasteiger partial charge in [-0.3, -0.25) is 19.6 Å². The Hall–Kier alpha value is -2.48. The molecule has 0 atom stereocenters. The van der Waals surface area contributed by atoms with Crippen LogP contribution in [-0.2, 0) is 29.8 Å². The molecular formula is C18H25N2O6+. The molecule has 0 aliphatic carbocycles. The highest BCUT2D eigenvalue weighted by Gasteiger charge is 2.53. The van der Waals surface area contributed by atoms with Gasteiger partial charge < -0.3 is 9.47 Å². The molecular weight excluding hydrogens is 340 g/mol. The first-order chi connectivity index (χ1) is 12.4. The zero-order valence-corrected chi connectivity index (χ0v) is 15.1. The van der Waals surface area contributed by atoms with E-state index in [1.165, 1.54) is 6.92 Å². The van der Waals surface area contributed by atoms with Crippen LogP contribution in [0.3, 0.4) is 0 Å². The summed E-state index contributed by atoms with van der Waals surface area (Å²) in [6.45, 7) is 3.37. The average Bonchev–Trinajstić information content (AvgIpc) is 2.59. The Labute approximate surface area is 152 Å². The van der Waals surface area contributed by atoms with Crippen LogP contribution in [0.15, 0.2) is 24.4 Å². The fourth-order valence-electron chi connectivity index (χ4n) is 2.99. The molecule has 1 aliphatic rings. The molecule has 0 unspecified atom stereocenters. The van der Waals surface area contributed by atoms with Crippen molar-refractivity contribution in [3.8, 4) is 0 Å². The van der Waals surface area contributed by atoms with Gasteiger partial charge in [0.1, 0.15) is 0 Å². The van der Waals surface area contributed by atoms with E-state index in [9.17, 15) is 14.4 Å². The van der Waals surface area contributed by atoms with Gasteiger partial charge in [0.05, 0.1) is 6.92 Å². The van der Waals surface area contributed by atoms with E-state index in [1.54, 1.807) is 22.3 Å². The third-order valence-electron chi connectivity index (χ3n) is 4.42. The number of hydrogen-bond acceptors (Lipinski definition) is 6. The molecule has 0 spiro atoms. The number of unbranched alkanes of at least 4 members (excludes halogenated alkanes) is 3. The Morgan fingerprint density at radius 2 is 1.85 bits per heavy atom. The Kier molecular flexibility index (Phi) is 6.68. The fourth-order valence-corrected chi connectivity index (χ4v) is 2.99. The lowest BCUT2D eigenvalue weighted by molar-refractivity contribution is -0.846. The van der Waals surface area contributed by atoms with Crippen molar-refractivity contribution in [2.24, 2.45) is 5.92 Å². The van der Waals surface area contributed by atoms with Gasteiger partial charge in [-0.25, -0.2) is 5.48 Å². The van der Waals surface area contributed by atoms with Gasteiger partial charge in [-0.05, 0) is 12.8 Å². The second-order valence-corrected chi connectivity index (χ2v) is 6.49. The summed E-state index contributed by atoms with van der Waals surface area (Å²) < 4.78 is 12.5. The van der Waals surface area contributed by atoms with Crippen molar-refractivity contribution >= 4 is 17.8 Å². The number of carbonyl (C=O) groups excluding carboxylic acids is 3. The van der Waals surface area contributed by atoms with Crippen molar-refractivity contribution in [3.63, 3.8) is 0 Å². The summed E-state index contributed by atoms with van der Waals surface area (Å²) in [5, 5.41) is 8.40. The predicted octanol–water partition coefficient (Wildman–Crippen LogP) is 1.47. The van der Waals surface area contributed by atoms with Crippen LogP contribution in [-0.4, -0.2) is 23.1 Å². The summed E-state index contributed by atoms with van der Waals surface area (Å²) >= 11 is 0. The van der Waals surface area contributed by atoms with Crippen molar-refractivity contribution in [2.45, 2.75) is 58.3 Å². The molecule has 0 aromatic carbocycles. The van der Waals surface area contributed by atoms with E-state index in [2.05, 4.69) is 0 Å². The van der Waals surface area contributed by atoms with Crippen LogP contribution in [0.2, 0.25) is 0 Å². The number of esters is 2. The van der Waals surface area contributed by atoms with Crippen LogP contribution < -0.4 is 10.0 Å². The first kappa shape index (κ1) is 19.8. The van der Waals surface area contributed by atoms with Gasteiger partial charge >= 0.3 is 17.8 Å². The van der Waals surface area contributed by atoms with Crippen molar-refractivity contribution in [3.05, 3.63) is 30.1 Å². The second-order valence-electron chi connectivity index (χ2n) is 6.49. The van der Waals surface area contributed by atoms with E-state index in [4.69, 9.17) is 14.7 Å². The standard InChI is InChI=1S/C18H24N2O6/c1-13-9-7-8-12-20(13)18(2)25-16(22)14(17(23)26-18)10-5-3-4-6-11-15(21)19-24/h7-9,12,14H,3-6,10-11H2,1-2H3,(H-,19,21,24)/p+1. The molecule has 1 fully saturated rings. The monoisotopic (exact) mass is 365 g/mol. The second kappa shape index (κ2) is 8.75. The van der Waals surface area contributed by atoms with Crippen LogP contribution in [0.1, 0.15) is 51.1 Å². The Morgan fingerprint density at radius 3 is 2.46 bits per heavy atom. The predicted molar refractivity (Wildman–Crippen MR) is 88.3 cm³/mol. The summed E-state index contributed by atoms with van der Waals surface area (Å²) in [6, 6.07) is 5.44. The number of nitrogens with zero attached hydrogens (tertiary/aromatic N) is 1. The van der Waals surface area contributed by atoms with Gasteiger partial charge in [0, 0.05) is 25.5 Å². The number of hydrogen-bond donors (Lipinski definition) is 2. The van der Waals surface area contributed by atoms with Crippen molar-refractivity contribution in [2.75, 3.05) is 0 Å². The van der Waals surface area contributed by atoms with E-state index in [1.807, 2.05) is 19.1 Å². The van der Waals surface area contributed by atoms with Crippen LogP contribution in [0.5, 0.6) is 0 Å². The number of aromatic nitrogens is 1. The minimum atomic E-state index is -1.48. The summed E-state index contributed by atoms with van der Waals surface area (Å²) in [6.07, 6.45) is 5.09. The van der Waals surface area contributed by atoms with Gasteiger partial charge in [-0.2, -0.15) is 0 Å². The zero-order chi connectivity index (χ0) is 19.2. The molecule has 2 heterocycles. The molecule has 142 valence electrons. The number of cyclic esters (lactones) is 2. The minimum Gasteiger partial charge on any atom is -0.365 e. The summed E-state index contributed by atoms with van der Waals surface area (Å²) in [5.41, 5.74) is 2.37. The number of ether oxygens (including phenoxy) is 2. The van der Waals surface area contributed by atoms with E-state index < -0.39 is 29.7 Å². The van der Waals surface area contributed by atoms with Gasteiger partial charge in [0.25, 0.3) is 0 Å². The lowest BCUT2D eigenvalue weighted by atomic mass is 9.99. The molecule has 1 aromatic rings. The highest BCUT2D eigenvalue weighted by molar-refractivity contribution is 5.96. The van der Waals surface area contributed by atoms with Gasteiger partial charge in [-0.1, -0.05) is 25.3 Å². The number of nitrogens with one attached hydrogen (secondary N) is 1. The topological polar surface area (TPSA) is 106 Å². The number of rotatable bonds is 8. The van der Waals surface area contributed by atoms with E-state index in [0.29, 0.717) is 19.3 Å². The molecule has 8 nitrogen and oxygen atoms in total. The van der Waals surface area contributed by atoms with E-state index >= 15 is 0 Å². The van der Waals surface area contributed by atoms with E-state index in [0.717, 1.165) is 18.5 Å². The molecule has 8 heteroatoms. The number of aryl methyl sites for hydroxylation is 1. The van der Waals surface area contributed by atoms with E-state index in [-0.39, 0.29) is 6.42 Å². The molecule has 1 amide bonds. The highest BCUT2D eigenvalue weighted by atomic mass is 16.8. The number of pyridine rings is 1. The molecule has 2 rings (SSSR count). The first-order valence-corrected chi connectivity index (χ1v) is 8.74. The third-order valence-corrected chi connectivity index (χ3v) is 4.42. The van der Waals surface area contributed by atoms with Crippen LogP contribution >= 0.6 is 0 Å². The summed E-state index contributed by atoms with van der Waals surface area (Å²) in [5.74, 6) is -3.99. The van der Waals surface area contributed by atoms with Crippen LogP contribution in [0.4, 0.5) is 0 Å². The lowest BCUT2D eigenvalue weighted by Gasteiger charge is -2.31. The Morgan fingerprint density at radius 1 is 1.19 bits per heavy atom. The minimum absolute atomic E-state index is 0.246. The normalized spacial score (nSPS) is 22.5. The Bertz CT molecular complexity index is 657. The summed E-state index contributed by atoms with van der Waals surface area (Å²) in [7, 11) is 0. The molecule has 0 saturated carbocycles. The quantitative estimate of drug-likeness (QED) is 0.180. The third kappa shape index (κ3) is 4.78. The molecule has 0 radical (unpaired) electrons. The maximum atomic E-state index is 12.3.